The van der Waals surface area contributed by atoms with Crippen LogP contribution in [0.2, 0.25) is 0 Å². The van der Waals surface area contributed by atoms with Crippen LogP contribution in [0.1, 0.15) is 48.5 Å². The van der Waals surface area contributed by atoms with E-state index in [1.807, 2.05) is 72.7 Å². The second-order valence-corrected chi connectivity index (χ2v) is 8.04. The summed E-state index contributed by atoms with van der Waals surface area (Å²) >= 11 is 0. The smallest absolute Gasteiger partial charge is 0.399 e. The fourth-order valence-corrected chi connectivity index (χ4v) is 2.25. The molecule has 0 radical (unpaired) electrons. The predicted octanol–water partition coefficient (Wildman–Crippen LogP) is 2.91. The summed E-state index contributed by atoms with van der Waals surface area (Å²) in [5.41, 5.74) is 0.541. The largest absolute Gasteiger partial charge is 0.494 e. The van der Waals surface area contributed by atoms with E-state index in [9.17, 15) is 4.79 Å². The summed E-state index contributed by atoms with van der Waals surface area (Å²) in [6.07, 6.45) is 0. The maximum atomic E-state index is 12.0. The van der Waals surface area contributed by atoms with Crippen molar-refractivity contribution in [2.75, 3.05) is 5.32 Å². The van der Waals surface area contributed by atoms with Crippen molar-refractivity contribution in [2.24, 2.45) is 0 Å². The van der Waals surface area contributed by atoms with Crippen molar-refractivity contribution < 1.29 is 14.1 Å². The van der Waals surface area contributed by atoms with Crippen LogP contribution in [0.5, 0.6) is 0 Å². The summed E-state index contributed by atoms with van der Waals surface area (Å²) in [4.78, 5) is 12.0. The fourth-order valence-electron chi connectivity index (χ4n) is 2.25. The van der Waals surface area contributed by atoms with Gasteiger partial charge in [0.1, 0.15) is 0 Å². The zero-order valence-corrected chi connectivity index (χ0v) is 15.1. The van der Waals surface area contributed by atoms with Crippen molar-refractivity contribution >= 4 is 24.3 Å². The van der Waals surface area contributed by atoms with E-state index in [2.05, 4.69) is 10.6 Å². The molecule has 1 heterocycles. The molecule has 1 saturated heterocycles. The number of hydrogen-bond donors (Lipinski definition) is 2. The van der Waals surface area contributed by atoms with Gasteiger partial charge >= 0.3 is 13.1 Å². The highest BCUT2D eigenvalue weighted by molar-refractivity contribution is 6.62. The van der Waals surface area contributed by atoms with Gasteiger partial charge in [0.2, 0.25) is 0 Å². The molecule has 1 aromatic carbocycles. The van der Waals surface area contributed by atoms with Gasteiger partial charge in [-0.3, -0.25) is 0 Å². The van der Waals surface area contributed by atoms with Crippen molar-refractivity contribution in [2.45, 2.75) is 65.2 Å². The zero-order chi connectivity index (χ0) is 17.5. The molecule has 126 valence electrons. The Kier molecular flexibility index (Phi) is 4.52. The summed E-state index contributed by atoms with van der Waals surface area (Å²) in [6.45, 7) is 13.9. The van der Waals surface area contributed by atoms with Crippen molar-refractivity contribution in [3.05, 3.63) is 24.3 Å². The minimum atomic E-state index is -0.438. The molecule has 0 aromatic heterocycles. The van der Waals surface area contributed by atoms with E-state index in [0.717, 1.165) is 5.46 Å². The Hall–Kier alpha value is -1.53. The monoisotopic (exact) mass is 318 g/mol. The molecule has 2 N–H and O–H groups in total. The van der Waals surface area contributed by atoms with Gasteiger partial charge in [0.05, 0.1) is 11.2 Å². The maximum Gasteiger partial charge on any atom is 0.494 e. The van der Waals surface area contributed by atoms with Crippen molar-refractivity contribution in [1.82, 2.24) is 5.32 Å². The van der Waals surface area contributed by atoms with E-state index in [4.69, 9.17) is 9.31 Å². The van der Waals surface area contributed by atoms with Crippen LogP contribution >= 0.6 is 0 Å². The van der Waals surface area contributed by atoms with Crippen molar-refractivity contribution in [3.63, 3.8) is 0 Å². The summed E-state index contributed by atoms with van der Waals surface area (Å²) in [5.74, 6) is 0. The van der Waals surface area contributed by atoms with Gasteiger partial charge in [-0.2, -0.15) is 0 Å². The van der Waals surface area contributed by atoms with Crippen LogP contribution < -0.4 is 16.1 Å². The van der Waals surface area contributed by atoms with E-state index in [0.29, 0.717) is 5.69 Å². The van der Waals surface area contributed by atoms with Crippen LogP contribution in [0.4, 0.5) is 10.5 Å². The van der Waals surface area contributed by atoms with Crippen LogP contribution in [0, 0.1) is 0 Å². The highest BCUT2D eigenvalue weighted by atomic mass is 16.7. The van der Waals surface area contributed by atoms with Gasteiger partial charge in [-0.15, -0.1) is 0 Å². The Labute approximate surface area is 139 Å². The molecule has 6 heteroatoms. The van der Waals surface area contributed by atoms with E-state index < -0.39 is 7.12 Å². The first-order chi connectivity index (χ1) is 10.4. The van der Waals surface area contributed by atoms with Gasteiger partial charge in [0.15, 0.2) is 0 Å². The van der Waals surface area contributed by atoms with E-state index in [1.165, 1.54) is 0 Å². The molecule has 0 spiro atoms. The SMILES string of the molecule is CC(C)(C)NC(=O)Nc1cccc(B2OC(C)(C)C(C)(C)O2)c1. The van der Waals surface area contributed by atoms with Crippen LogP contribution in [-0.2, 0) is 9.31 Å². The minimum Gasteiger partial charge on any atom is -0.399 e. The number of carbonyl (C=O) groups excluding carboxylic acids is 1. The molecule has 0 saturated carbocycles. The van der Waals surface area contributed by atoms with Gasteiger partial charge < -0.3 is 19.9 Å². The van der Waals surface area contributed by atoms with Gasteiger partial charge in [0.25, 0.3) is 0 Å². The lowest BCUT2D eigenvalue weighted by atomic mass is 9.79. The third kappa shape index (κ3) is 4.27. The number of nitrogens with one attached hydrogen (secondary N) is 2. The first kappa shape index (κ1) is 17.8. The van der Waals surface area contributed by atoms with Crippen LogP contribution in [0.3, 0.4) is 0 Å². The predicted molar refractivity (Wildman–Crippen MR) is 94.1 cm³/mol. The molecule has 0 atom stereocenters. The van der Waals surface area contributed by atoms with Crippen LogP contribution in [-0.4, -0.2) is 29.9 Å². The first-order valence-corrected chi connectivity index (χ1v) is 7.94. The lowest BCUT2D eigenvalue weighted by molar-refractivity contribution is 0.00578. The molecule has 0 unspecified atom stereocenters. The standard InChI is InChI=1S/C17H27BN2O3/c1-15(2,3)20-14(21)19-13-10-8-9-12(11-13)18-22-16(4,5)17(6,7)23-18/h8-11H,1-7H3,(H2,19,20,21). The van der Waals surface area contributed by atoms with Crippen LogP contribution in [0.15, 0.2) is 24.3 Å². The van der Waals surface area contributed by atoms with Gasteiger partial charge in [0, 0.05) is 11.2 Å². The lowest BCUT2D eigenvalue weighted by Gasteiger charge is -2.32. The first-order valence-electron chi connectivity index (χ1n) is 7.94. The molecule has 0 aliphatic carbocycles. The maximum absolute atomic E-state index is 12.0. The number of benzene rings is 1. The second-order valence-electron chi connectivity index (χ2n) is 8.04. The number of hydrogen-bond acceptors (Lipinski definition) is 3. The number of carbonyl (C=O) groups is 1. The fraction of sp³-hybridized carbons (Fsp3) is 0.588. The number of urea groups is 1. The van der Waals surface area contributed by atoms with Gasteiger partial charge in [-0.1, -0.05) is 12.1 Å². The van der Waals surface area contributed by atoms with Gasteiger partial charge in [-0.25, -0.2) is 4.79 Å². The second kappa shape index (κ2) is 5.84. The molecular weight excluding hydrogens is 291 g/mol. The molecule has 1 fully saturated rings. The summed E-state index contributed by atoms with van der Waals surface area (Å²) in [5, 5.41) is 5.71. The van der Waals surface area contributed by atoms with Crippen molar-refractivity contribution in [3.8, 4) is 0 Å². The van der Waals surface area contributed by atoms with E-state index in [-0.39, 0.29) is 22.8 Å². The molecule has 0 bridgehead atoms. The highest BCUT2D eigenvalue weighted by Crippen LogP contribution is 2.36. The molecular formula is C17H27BN2O3. The highest BCUT2D eigenvalue weighted by Gasteiger charge is 2.51. The molecule has 5 nitrogen and oxygen atoms in total. The van der Waals surface area contributed by atoms with Crippen molar-refractivity contribution in [1.29, 1.82) is 0 Å². The Morgan fingerprint density at radius 1 is 1.09 bits per heavy atom. The third-order valence-electron chi connectivity index (χ3n) is 4.16. The minimum absolute atomic E-state index is 0.233. The number of amides is 2. The van der Waals surface area contributed by atoms with Crippen LogP contribution in [0.25, 0.3) is 0 Å². The normalized spacial score (nSPS) is 19.5. The molecule has 1 aromatic rings. The zero-order valence-electron chi connectivity index (χ0n) is 15.1. The molecule has 23 heavy (non-hydrogen) atoms. The number of anilines is 1. The Bertz CT molecular complexity index is 578. The molecule has 1 aliphatic rings. The van der Waals surface area contributed by atoms with E-state index >= 15 is 0 Å². The quantitative estimate of drug-likeness (QED) is 0.824. The molecule has 1 aliphatic heterocycles. The summed E-state index contributed by atoms with van der Waals surface area (Å²) in [7, 11) is -0.438. The molecule has 2 rings (SSSR count). The Morgan fingerprint density at radius 3 is 2.17 bits per heavy atom. The van der Waals surface area contributed by atoms with Gasteiger partial charge in [-0.05, 0) is 66.1 Å². The van der Waals surface area contributed by atoms with E-state index in [1.54, 1.807) is 0 Å². The lowest BCUT2D eigenvalue weighted by Crippen LogP contribution is -2.43. The average Bonchev–Trinajstić information content (AvgIpc) is 2.56. The Balaban J connectivity index is 2.11. The molecule has 2 amide bonds. The summed E-state index contributed by atoms with van der Waals surface area (Å²) in [6, 6.07) is 7.31. The summed E-state index contributed by atoms with van der Waals surface area (Å²) < 4.78 is 12.1. The number of rotatable bonds is 2. The average molecular weight is 318 g/mol. The topological polar surface area (TPSA) is 59.6 Å². The third-order valence-corrected chi connectivity index (χ3v) is 4.16. The Morgan fingerprint density at radius 2 is 1.65 bits per heavy atom.